The molecule has 0 saturated carbocycles. The summed E-state index contributed by atoms with van der Waals surface area (Å²) in [6, 6.07) is 3.44. The maximum atomic E-state index is 11.2. The maximum Gasteiger partial charge on any atom is 0.339 e. The molecular formula is C15H21NO4. The number of carboxylic acids is 1. The minimum Gasteiger partial charge on any atom is -0.496 e. The second kappa shape index (κ2) is 5.42. The average Bonchev–Trinajstić information content (AvgIpc) is 2.34. The Morgan fingerprint density at radius 2 is 2.05 bits per heavy atom. The highest BCUT2D eigenvalue weighted by Gasteiger charge is 2.26. The number of nitrogens with zero attached hydrogens (tertiary/aromatic N) is 1. The number of hydrogen-bond donors (Lipinski definition) is 1. The summed E-state index contributed by atoms with van der Waals surface area (Å²) in [5.74, 6) is -0.483. The topological polar surface area (TPSA) is 59.0 Å². The van der Waals surface area contributed by atoms with Gasteiger partial charge in [0, 0.05) is 18.7 Å². The lowest BCUT2D eigenvalue weighted by atomic mass is 9.96. The summed E-state index contributed by atoms with van der Waals surface area (Å²) >= 11 is 0. The molecule has 5 heteroatoms. The van der Waals surface area contributed by atoms with Crippen molar-refractivity contribution in [2.45, 2.75) is 39.3 Å². The first-order chi connectivity index (χ1) is 9.31. The van der Waals surface area contributed by atoms with Gasteiger partial charge in [-0.25, -0.2) is 4.79 Å². The van der Waals surface area contributed by atoms with Gasteiger partial charge in [0.25, 0.3) is 0 Å². The average molecular weight is 279 g/mol. The van der Waals surface area contributed by atoms with E-state index in [1.165, 1.54) is 7.11 Å². The van der Waals surface area contributed by atoms with E-state index in [4.69, 9.17) is 9.57 Å². The van der Waals surface area contributed by atoms with Gasteiger partial charge in [-0.2, -0.15) is 5.06 Å². The third-order valence-electron chi connectivity index (χ3n) is 3.15. The molecule has 0 atom stereocenters. The Hall–Kier alpha value is -1.59. The molecule has 5 nitrogen and oxygen atoms in total. The number of benzene rings is 1. The van der Waals surface area contributed by atoms with Crippen molar-refractivity contribution in [3.05, 3.63) is 28.8 Å². The Balaban J connectivity index is 2.29. The number of fused-ring (bicyclic) bond motifs is 1. The first-order valence-corrected chi connectivity index (χ1v) is 6.68. The van der Waals surface area contributed by atoms with Crippen molar-refractivity contribution in [3.63, 3.8) is 0 Å². The van der Waals surface area contributed by atoms with Crippen LogP contribution in [0.3, 0.4) is 0 Å². The normalized spacial score (nSPS) is 15.8. The van der Waals surface area contributed by atoms with Gasteiger partial charge in [-0.1, -0.05) is 6.07 Å². The van der Waals surface area contributed by atoms with Gasteiger partial charge in [0.2, 0.25) is 0 Å². The fourth-order valence-electron chi connectivity index (χ4n) is 2.46. The molecule has 110 valence electrons. The molecule has 0 aromatic heterocycles. The van der Waals surface area contributed by atoms with Gasteiger partial charge >= 0.3 is 5.97 Å². The number of aromatic carboxylic acids is 1. The quantitative estimate of drug-likeness (QED) is 0.921. The van der Waals surface area contributed by atoms with E-state index >= 15 is 0 Å². The molecule has 0 aliphatic carbocycles. The Bertz CT molecular complexity index is 519. The Morgan fingerprint density at radius 3 is 2.60 bits per heavy atom. The minimum absolute atomic E-state index is 0.219. The number of methoxy groups -OCH3 is 1. The lowest BCUT2D eigenvalue weighted by Crippen LogP contribution is -2.37. The number of hydrogen-bond acceptors (Lipinski definition) is 4. The fraction of sp³-hybridized carbons (Fsp3) is 0.533. The van der Waals surface area contributed by atoms with Crippen LogP contribution in [0.4, 0.5) is 0 Å². The lowest BCUT2D eigenvalue weighted by Gasteiger charge is -2.34. The minimum atomic E-state index is -0.960. The van der Waals surface area contributed by atoms with Gasteiger partial charge < -0.3 is 9.84 Å². The van der Waals surface area contributed by atoms with Crippen LogP contribution in [0.5, 0.6) is 5.75 Å². The van der Waals surface area contributed by atoms with Crippen LogP contribution in [0.25, 0.3) is 0 Å². The summed E-state index contributed by atoms with van der Waals surface area (Å²) in [7, 11) is 1.51. The molecule has 0 saturated heterocycles. The highest BCUT2D eigenvalue weighted by Crippen LogP contribution is 2.32. The molecule has 0 spiro atoms. The van der Waals surface area contributed by atoms with E-state index in [0.717, 1.165) is 24.1 Å². The van der Waals surface area contributed by atoms with Crippen molar-refractivity contribution in [2.24, 2.45) is 0 Å². The molecule has 2 rings (SSSR count). The molecule has 1 aromatic carbocycles. The van der Waals surface area contributed by atoms with Crippen molar-refractivity contribution in [1.82, 2.24) is 5.06 Å². The molecule has 0 fully saturated rings. The Morgan fingerprint density at radius 1 is 1.35 bits per heavy atom. The van der Waals surface area contributed by atoms with E-state index in [1.54, 1.807) is 6.07 Å². The van der Waals surface area contributed by atoms with Crippen LogP contribution in [-0.2, 0) is 17.8 Å². The first kappa shape index (κ1) is 14.8. The smallest absolute Gasteiger partial charge is 0.339 e. The number of carboxylic acid groups (broad SMARTS) is 1. The molecule has 1 aromatic rings. The standard InChI is InChI=1S/C15H21NO4/c1-15(2,3)20-16-8-7-11-10(9-16)5-6-12(14(17)18)13(11)19-4/h5-6H,7-9H2,1-4H3,(H,17,18). The van der Waals surface area contributed by atoms with Crippen LogP contribution in [0, 0.1) is 0 Å². The summed E-state index contributed by atoms with van der Waals surface area (Å²) < 4.78 is 5.30. The van der Waals surface area contributed by atoms with Crippen LogP contribution >= 0.6 is 0 Å². The number of rotatable bonds is 3. The zero-order valence-electron chi connectivity index (χ0n) is 12.4. The van der Waals surface area contributed by atoms with E-state index in [9.17, 15) is 9.90 Å². The molecule has 1 heterocycles. The van der Waals surface area contributed by atoms with Crippen LogP contribution < -0.4 is 4.74 Å². The highest BCUT2D eigenvalue weighted by atomic mass is 16.7. The first-order valence-electron chi connectivity index (χ1n) is 6.68. The van der Waals surface area contributed by atoms with Gasteiger partial charge in [0.05, 0.1) is 12.7 Å². The van der Waals surface area contributed by atoms with E-state index in [-0.39, 0.29) is 11.2 Å². The Labute approximate surface area is 119 Å². The van der Waals surface area contributed by atoms with Crippen LogP contribution in [0.15, 0.2) is 12.1 Å². The van der Waals surface area contributed by atoms with Gasteiger partial charge in [-0.3, -0.25) is 4.84 Å². The molecule has 0 amide bonds. The second-order valence-electron chi connectivity index (χ2n) is 5.91. The molecule has 1 N–H and O–H groups in total. The maximum absolute atomic E-state index is 11.2. The van der Waals surface area contributed by atoms with Gasteiger partial charge in [0.15, 0.2) is 0 Å². The number of ether oxygens (including phenoxy) is 1. The van der Waals surface area contributed by atoms with Crippen LogP contribution in [0.2, 0.25) is 0 Å². The fourth-order valence-corrected chi connectivity index (χ4v) is 2.46. The van der Waals surface area contributed by atoms with Gasteiger partial charge in [0.1, 0.15) is 11.3 Å². The van der Waals surface area contributed by atoms with Crippen LogP contribution in [-0.4, -0.2) is 35.4 Å². The SMILES string of the molecule is COc1c(C(=O)O)ccc2c1CCN(OC(C)(C)C)C2. The number of hydroxylamine groups is 2. The lowest BCUT2D eigenvalue weighted by molar-refractivity contribution is -0.236. The van der Waals surface area contributed by atoms with E-state index in [1.807, 2.05) is 31.9 Å². The van der Waals surface area contributed by atoms with Gasteiger partial charge in [-0.15, -0.1) is 0 Å². The van der Waals surface area contributed by atoms with Gasteiger partial charge in [-0.05, 0) is 38.8 Å². The van der Waals surface area contributed by atoms with Crippen LogP contribution in [0.1, 0.15) is 42.3 Å². The summed E-state index contributed by atoms with van der Waals surface area (Å²) in [5.41, 5.74) is 2.02. The third kappa shape index (κ3) is 3.11. The largest absolute Gasteiger partial charge is 0.496 e. The third-order valence-corrected chi connectivity index (χ3v) is 3.15. The Kier molecular flexibility index (Phi) is 4.01. The highest BCUT2D eigenvalue weighted by molar-refractivity contribution is 5.91. The molecule has 1 aliphatic rings. The monoisotopic (exact) mass is 279 g/mol. The summed E-state index contributed by atoms with van der Waals surface area (Å²) in [4.78, 5) is 17.1. The van der Waals surface area contributed by atoms with E-state index < -0.39 is 5.97 Å². The molecule has 20 heavy (non-hydrogen) atoms. The van der Waals surface area contributed by atoms with Crippen molar-refractivity contribution in [3.8, 4) is 5.75 Å². The second-order valence-corrected chi connectivity index (χ2v) is 5.91. The van der Waals surface area contributed by atoms with Crippen molar-refractivity contribution >= 4 is 5.97 Å². The zero-order valence-corrected chi connectivity index (χ0v) is 12.4. The molecular weight excluding hydrogens is 258 g/mol. The number of carbonyl (C=O) groups is 1. The molecule has 1 aliphatic heterocycles. The molecule has 0 radical (unpaired) electrons. The summed E-state index contributed by atoms with van der Waals surface area (Å²) in [6.07, 6.45) is 0.718. The summed E-state index contributed by atoms with van der Waals surface area (Å²) in [5, 5.41) is 11.1. The summed E-state index contributed by atoms with van der Waals surface area (Å²) in [6.45, 7) is 7.40. The molecule has 0 bridgehead atoms. The van der Waals surface area contributed by atoms with Crippen molar-refractivity contribution < 1.29 is 19.5 Å². The predicted octanol–water partition coefficient (Wildman–Crippen LogP) is 2.48. The van der Waals surface area contributed by atoms with E-state index in [0.29, 0.717) is 12.3 Å². The van der Waals surface area contributed by atoms with E-state index in [2.05, 4.69) is 0 Å². The zero-order chi connectivity index (χ0) is 14.9. The predicted molar refractivity (Wildman–Crippen MR) is 74.9 cm³/mol. The van der Waals surface area contributed by atoms with Crippen molar-refractivity contribution in [1.29, 1.82) is 0 Å². The molecule has 0 unspecified atom stereocenters. The van der Waals surface area contributed by atoms with Crippen molar-refractivity contribution in [2.75, 3.05) is 13.7 Å².